The first kappa shape index (κ1) is 21.9. The first-order valence-electron chi connectivity index (χ1n) is 9.08. The Bertz CT molecular complexity index is 767. The summed E-state index contributed by atoms with van der Waals surface area (Å²) in [6.45, 7) is 13.7. The van der Waals surface area contributed by atoms with Gasteiger partial charge in [0.2, 0.25) is 0 Å². The second-order valence-electron chi connectivity index (χ2n) is 8.92. The van der Waals surface area contributed by atoms with E-state index < -0.39 is 44.0 Å². The van der Waals surface area contributed by atoms with E-state index in [4.69, 9.17) is 4.74 Å². The Morgan fingerprint density at radius 3 is 2.37 bits per heavy atom. The molecule has 0 saturated carbocycles. The van der Waals surface area contributed by atoms with E-state index in [9.17, 15) is 20.1 Å². The topological polar surface area (TPSA) is 117 Å². The molecule has 27 heavy (non-hydrogen) atoms. The van der Waals surface area contributed by atoms with Gasteiger partial charge in [0.25, 0.3) is 0 Å². The summed E-state index contributed by atoms with van der Waals surface area (Å²) >= 11 is 0. The molecule has 9 heteroatoms. The quantitative estimate of drug-likeness (QED) is 0.522. The lowest BCUT2D eigenvalue weighted by Gasteiger charge is -2.43. The molecule has 5 atom stereocenters. The van der Waals surface area contributed by atoms with E-state index in [0.29, 0.717) is 0 Å². The standard InChI is InChI=1S/C18H31N3O5Si/c1-10(2)19-11-8-9-21(17(25)20-11)15-13(23)12(22)14(26-15)16(24)27(6,7)18(3,4)5/h8-9,12-16,22-24H,1-7H3/t12-,13+,14-,15+,16?/m0/s1. The van der Waals surface area contributed by atoms with Gasteiger partial charge in [-0.05, 0) is 25.0 Å². The van der Waals surface area contributed by atoms with Crippen LogP contribution in [-0.4, -0.2) is 62.7 Å². The number of aromatic nitrogens is 2. The zero-order chi connectivity index (χ0) is 20.7. The maximum Gasteiger partial charge on any atom is 0.351 e. The van der Waals surface area contributed by atoms with E-state index in [-0.39, 0.29) is 10.9 Å². The molecule has 1 unspecified atom stereocenters. The molecule has 1 aliphatic rings. The fraction of sp³-hybridized carbons (Fsp3) is 0.722. The van der Waals surface area contributed by atoms with Crippen molar-refractivity contribution in [1.29, 1.82) is 0 Å². The minimum atomic E-state index is -2.28. The molecule has 1 aromatic heterocycles. The van der Waals surface area contributed by atoms with Gasteiger partial charge in [0.05, 0.1) is 13.8 Å². The number of aliphatic hydroxyl groups excluding tert-OH is 3. The molecule has 2 heterocycles. The van der Waals surface area contributed by atoms with Gasteiger partial charge in [0.1, 0.15) is 18.3 Å². The fourth-order valence-corrected chi connectivity index (χ4v) is 4.90. The van der Waals surface area contributed by atoms with Crippen molar-refractivity contribution in [2.24, 2.45) is 4.99 Å². The van der Waals surface area contributed by atoms with Crippen molar-refractivity contribution in [2.75, 3.05) is 0 Å². The fourth-order valence-electron chi connectivity index (χ4n) is 2.92. The van der Waals surface area contributed by atoms with E-state index in [2.05, 4.69) is 9.98 Å². The highest BCUT2D eigenvalue weighted by atomic mass is 28.3. The maximum atomic E-state index is 12.3. The Morgan fingerprint density at radius 1 is 1.30 bits per heavy atom. The molecule has 0 amide bonds. The van der Waals surface area contributed by atoms with Crippen LogP contribution in [-0.2, 0) is 4.74 Å². The molecule has 1 aliphatic heterocycles. The molecule has 0 radical (unpaired) electrons. The van der Waals surface area contributed by atoms with Gasteiger partial charge in [-0.1, -0.05) is 33.9 Å². The molecule has 1 saturated heterocycles. The molecule has 1 aromatic rings. The summed E-state index contributed by atoms with van der Waals surface area (Å²) in [6.07, 6.45) is -3.32. The highest BCUT2D eigenvalue weighted by molar-refractivity contribution is 6.81. The lowest BCUT2D eigenvalue weighted by atomic mass is 10.1. The minimum absolute atomic E-state index is 0.144. The van der Waals surface area contributed by atoms with Crippen molar-refractivity contribution >= 4 is 19.6 Å². The maximum absolute atomic E-state index is 12.3. The monoisotopic (exact) mass is 397 g/mol. The van der Waals surface area contributed by atoms with Crippen molar-refractivity contribution in [1.82, 2.24) is 9.55 Å². The molecular weight excluding hydrogens is 366 g/mol. The van der Waals surface area contributed by atoms with Crippen LogP contribution in [0, 0.1) is 0 Å². The van der Waals surface area contributed by atoms with E-state index in [1.165, 1.54) is 12.3 Å². The predicted molar refractivity (Wildman–Crippen MR) is 106 cm³/mol. The largest absolute Gasteiger partial charge is 0.394 e. The third-order valence-electron chi connectivity index (χ3n) is 5.69. The van der Waals surface area contributed by atoms with Crippen molar-refractivity contribution in [3.63, 3.8) is 0 Å². The molecule has 1 fully saturated rings. The third kappa shape index (κ3) is 4.22. The van der Waals surface area contributed by atoms with Crippen LogP contribution in [0.2, 0.25) is 18.1 Å². The number of ether oxygens (including phenoxy) is 1. The van der Waals surface area contributed by atoms with Gasteiger partial charge in [-0.15, -0.1) is 0 Å². The smallest absolute Gasteiger partial charge is 0.351 e. The number of aliphatic imine (C=N–C) groups is 1. The number of aliphatic hydroxyl groups is 3. The SMILES string of the molecule is CC(C)=Nc1ccn([C@@H]2O[C@H](C(O)[Si](C)(C)C(C)(C)C)[C@@H](O)[C@H]2O)c(=O)n1. The molecule has 0 bridgehead atoms. The lowest BCUT2D eigenvalue weighted by molar-refractivity contribution is -0.0680. The Hall–Kier alpha value is -1.39. The number of hydrogen-bond acceptors (Lipinski definition) is 7. The highest BCUT2D eigenvalue weighted by Crippen LogP contribution is 2.42. The Morgan fingerprint density at radius 2 is 1.89 bits per heavy atom. The summed E-state index contributed by atoms with van der Waals surface area (Å²) in [6, 6.07) is 1.54. The van der Waals surface area contributed by atoms with Gasteiger partial charge in [-0.2, -0.15) is 4.98 Å². The van der Waals surface area contributed by atoms with Gasteiger partial charge in [-0.25, -0.2) is 9.79 Å². The second-order valence-corrected chi connectivity index (χ2v) is 14.5. The zero-order valence-corrected chi connectivity index (χ0v) is 18.0. The van der Waals surface area contributed by atoms with Crippen LogP contribution in [0.15, 0.2) is 22.1 Å². The van der Waals surface area contributed by atoms with Crippen molar-refractivity contribution in [3.05, 3.63) is 22.7 Å². The van der Waals surface area contributed by atoms with Crippen LogP contribution in [0.5, 0.6) is 0 Å². The zero-order valence-electron chi connectivity index (χ0n) is 17.0. The van der Waals surface area contributed by atoms with Crippen LogP contribution >= 0.6 is 0 Å². The van der Waals surface area contributed by atoms with E-state index in [1.807, 2.05) is 33.9 Å². The third-order valence-corrected chi connectivity index (χ3v) is 11.4. The van der Waals surface area contributed by atoms with Gasteiger partial charge in [-0.3, -0.25) is 4.57 Å². The first-order chi connectivity index (χ1) is 12.3. The summed E-state index contributed by atoms with van der Waals surface area (Å²) in [4.78, 5) is 20.3. The van der Waals surface area contributed by atoms with Gasteiger partial charge >= 0.3 is 5.69 Å². The molecule has 0 aromatic carbocycles. The summed E-state index contributed by atoms with van der Waals surface area (Å²) in [7, 11) is -2.28. The highest BCUT2D eigenvalue weighted by Gasteiger charge is 2.54. The van der Waals surface area contributed by atoms with Gasteiger partial charge in [0.15, 0.2) is 12.0 Å². The Balaban J connectivity index is 2.32. The summed E-state index contributed by atoms with van der Waals surface area (Å²) in [5.41, 5.74) is -0.802. The van der Waals surface area contributed by atoms with Crippen LogP contribution < -0.4 is 5.69 Å². The summed E-state index contributed by atoms with van der Waals surface area (Å²) < 4.78 is 6.91. The number of nitrogens with zero attached hydrogens (tertiary/aromatic N) is 3. The molecule has 0 spiro atoms. The molecular formula is C18H31N3O5Si. The van der Waals surface area contributed by atoms with Gasteiger partial charge in [0, 0.05) is 11.9 Å². The predicted octanol–water partition coefficient (Wildman–Crippen LogP) is 1.38. The lowest BCUT2D eigenvalue weighted by Crippen LogP contribution is -2.57. The van der Waals surface area contributed by atoms with Crippen LogP contribution in [0.3, 0.4) is 0 Å². The molecule has 0 aliphatic carbocycles. The first-order valence-corrected chi connectivity index (χ1v) is 12.2. The van der Waals surface area contributed by atoms with Gasteiger partial charge < -0.3 is 20.1 Å². The van der Waals surface area contributed by atoms with E-state index >= 15 is 0 Å². The Labute approximate surface area is 160 Å². The Kier molecular flexibility index (Phi) is 6.13. The van der Waals surface area contributed by atoms with Crippen LogP contribution in [0.4, 0.5) is 5.82 Å². The van der Waals surface area contributed by atoms with E-state index in [1.54, 1.807) is 13.8 Å². The summed E-state index contributed by atoms with van der Waals surface area (Å²) in [5.74, 6) is 0.266. The van der Waals surface area contributed by atoms with Crippen molar-refractivity contribution in [2.45, 2.75) is 83.0 Å². The second kappa shape index (κ2) is 7.55. The molecule has 3 N–H and O–H groups in total. The average Bonchev–Trinajstić information content (AvgIpc) is 2.81. The summed E-state index contributed by atoms with van der Waals surface area (Å²) in [5, 5.41) is 31.7. The number of hydrogen-bond donors (Lipinski definition) is 3. The van der Waals surface area contributed by atoms with Crippen LogP contribution in [0.25, 0.3) is 0 Å². The molecule has 152 valence electrons. The van der Waals surface area contributed by atoms with Crippen LogP contribution in [0.1, 0.15) is 40.8 Å². The number of rotatable bonds is 4. The van der Waals surface area contributed by atoms with E-state index in [0.717, 1.165) is 10.3 Å². The van der Waals surface area contributed by atoms with Crippen molar-refractivity contribution < 1.29 is 20.1 Å². The minimum Gasteiger partial charge on any atom is -0.394 e. The molecule has 2 rings (SSSR count). The normalized spacial score (nSPS) is 27.5. The average molecular weight is 398 g/mol. The van der Waals surface area contributed by atoms with Crippen molar-refractivity contribution in [3.8, 4) is 0 Å². The molecule has 8 nitrogen and oxygen atoms in total.